The van der Waals surface area contributed by atoms with E-state index in [1.165, 1.54) is 12.1 Å². The molecule has 1 aromatic carbocycles. The second kappa shape index (κ2) is 6.89. The predicted molar refractivity (Wildman–Crippen MR) is 82.2 cm³/mol. The molecule has 1 amide bonds. The Balaban J connectivity index is 1.51. The average Bonchev–Trinajstić information content (AvgIpc) is 2.90. The molecule has 0 atom stereocenters. The first kappa shape index (κ1) is 15.0. The molecule has 2 heterocycles. The number of morpholine rings is 1. The molecule has 1 N–H and O–H groups in total. The summed E-state index contributed by atoms with van der Waals surface area (Å²) in [6.07, 6.45) is 1.81. The summed E-state index contributed by atoms with van der Waals surface area (Å²) < 4.78 is 20.4. The standard InChI is InChI=1S/C16H20FN3O2/c17-14-2-1-13-3-5-20(15(13)11-14)12-16(21)18-4-6-19-7-9-22-10-8-19/h1-3,5,11H,4,6-10,12H2,(H,18,21). The molecule has 1 aliphatic heterocycles. The smallest absolute Gasteiger partial charge is 0.239 e. The summed E-state index contributed by atoms with van der Waals surface area (Å²) in [7, 11) is 0. The maximum atomic E-state index is 13.3. The minimum atomic E-state index is -0.292. The minimum absolute atomic E-state index is 0.0602. The van der Waals surface area contributed by atoms with Crippen molar-refractivity contribution in [2.24, 2.45) is 0 Å². The van der Waals surface area contributed by atoms with E-state index in [0.717, 1.165) is 43.8 Å². The number of carbonyl (C=O) groups is 1. The first-order chi connectivity index (χ1) is 10.7. The molecule has 6 heteroatoms. The molecule has 0 radical (unpaired) electrons. The SMILES string of the molecule is O=C(Cn1ccc2ccc(F)cc21)NCCN1CCOCC1. The molecule has 1 fully saturated rings. The Labute approximate surface area is 128 Å². The highest BCUT2D eigenvalue weighted by molar-refractivity contribution is 5.83. The van der Waals surface area contributed by atoms with E-state index in [1.54, 1.807) is 10.6 Å². The number of nitrogens with one attached hydrogen (secondary N) is 1. The van der Waals surface area contributed by atoms with Gasteiger partial charge in [0.2, 0.25) is 5.91 Å². The van der Waals surface area contributed by atoms with E-state index in [1.807, 2.05) is 12.3 Å². The van der Waals surface area contributed by atoms with Crippen LogP contribution in [0.4, 0.5) is 4.39 Å². The van der Waals surface area contributed by atoms with Crippen molar-refractivity contribution in [2.75, 3.05) is 39.4 Å². The highest BCUT2D eigenvalue weighted by Crippen LogP contribution is 2.16. The fraction of sp³-hybridized carbons (Fsp3) is 0.438. The lowest BCUT2D eigenvalue weighted by atomic mass is 10.2. The van der Waals surface area contributed by atoms with Crippen LogP contribution in [0.25, 0.3) is 10.9 Å². The lowest BCUT2D eigenvalue weighted by molar-refractivity contribution is -0.121. The Hall–Kier alpha value is -1.92. The highest BCUT2D eigenvalue weighted by Gasteiger charge is 2.11. The zero-order valence-corrected chi connectivity index (χ0v) is 12.4. The number of ether oxygens (including phenoxy) is 1. The fourth-order valence-corrected chi connectivity index (χ4v) is 2.68. The largest absolute Gasteiger partial charge is 0.379 e. The monoisotopic (exact) mass is 305 g/mol. The van der Waals surface area contributed by atoms with E-state index in [2.05, 4.69) is 10.2 Å². The van der Waals surface area contributed by atoms with Crippen molar-refractivity contribution in [3.8, 4) is 0 Å². The van der Waals surface area contributed by atoms with Gasteiger partial charge in [-0.25, -0.2) is 4.39 Å². The topological polar surface area (TPSA) is 46.5 Å². The molecule has 0 saturated carbocycles. The predicted octanol–water partition coefficient (Wildman–Crippen LogP) is 1.23. The van der Waals surface area contributed by atoms with Crippen LogP contribution in [0.5, 0.6) is 0 Å². The first-order valence-corrected chi connectivity index (χ1v) is 7.53. The summed E-state index contributed by atoms with van der Waals surface area (Å²) in [6, 6.07) is 6.48. The number of fused-ring (bicyclic) bond motifs is 1. The van der Waals surface area contributed by atoms with Crippen LogP contribution in [-0.2, 0) is 16.1 Å². The van der Waals surface area contributed by atoms with E-state index in [-0.39, 0.29) is 18.3 Å². The van der Waals surface area contributed by atoms with Crippen LogP contribution in [-0.4, -0.2) is 54.8 Å². The Kier molecular flexibility index (Phi) is 4.70. The molecule has 118 valence electrons. The molecule has 1 aliphatic rings. The maximum absolute atomic E-state index is 13.3. The number of amides is 1. The van der Waals surface area contributed by atoms with Crippen molar-refractivity contribution in [1.82, 2.24) is 14.8 Å². The number of hydrogen-bond acceptors (Lipinski definition) is 3. The molecule has 1 aromatic heterocycles. The van der Waals surface area contributed by atoms with Crippen LogP contribution in [0.15, 0.2) is 30.5 Å². The summed E-state index contributed by atoms with van der Waals surface area (Å²) in [5.74, 6) is -0.352. The number of nitrogens with zero attached hydrogens (tertiary/aromatic N) is 2. The van der Waals surface area contributed by atoms with E-state index >= 15 is 0 Å². The van der Waals surface area contributed by atoms with E-state index in [4.69, 9.17) is 4.74 Å². The van der Waals surface area contributed by atoms with Crippen molar-refractivity contribution < 1.29 is 13.9 Å². The van der Waals surface area contributed by atoms with Gasteiger partial charge in [0.25, 0.3) is 0 Å². The van der Waals surface area contributed by atoms with E-state index < -0.39 is 0 Å². The molecule has 2 aromatic rings. The fourth-order valence-electron chi connectivity index (χ4n) is 2.68. The van der Waals surface area contributed by atoms with Gasteiger partial charge in [0.05, 0.1) is 18.7 Å². The molecule has 3 rings (SSSR count). The summed E-state index contributed by atoms with van der Waals surface area (Å²) in [6.45, 7) is 5.00. The van der Waals surface area contributed by atoms with Crippen LogP contribution < -0.4 is 5.32 Å². The van der Waals surface area contributed by atoms with Crippen molar-refractivity contribution in [1.29, 1.82) is 0 Å². The molecule has 0 spiro atoms. The quantitative estimate of drug-likeness (QED) is 0.904. The average molecular weight is 305 g/mol. The second-order valence-electron chi connectivity index (χ2n) is 5.45. The third-order valence-electron chi connectivity index (χ3n) is 3.90. The number of carbonyl (C=O) groups excluding carboxylic acids is 1. The van der Waals surface area contributed by atoms with Gasteiger partial charge in [0.1, 0.15) is 12.4 Å². The lowest BCUT2D eigenvalue weighted by Gasteiger charge is -2.26. The Morgan fingerprint density at radius 2 is 2.09 bits per heavy atom. The minimum Gasteiger partial charge on any atom is -0.379 e. The molecular weight excluding hydrogens is 285 g/mol. The summed E-state index contributed by atoms with van der Waals surface area (Å²) in [5, 5.41) is 3.84. The van der Waals surface area contributed by atoms with Gasteiger partial charge in [-0.05, 0) is 29.7 Å². The third kappa shape index (κ3) is 3.64. The maximum Gasteiger partial charge on any atom is 0.239 e. The van der Waals surface area contributed by atoms with Gasteiger partial charge >= 0.3 is 0 Å². The van der Waals surface area contributed by atoms with E-state index in [0.29, 0.717) is 6.54 Å². The molecular formula is C16H20FN3O2. The molecule has 0 aliphatic carbocycles. The van der Waals surface area contributed by atoms with E-state index in [9.17, 15) is 9.18 Å². The molecule has 22 heavy (non-hydrogen) atoms. The van der Waals surface area contributed by atoms with Gasteiger partial charge in [0.15, 0.2) is 0 Å². The zero-order chi connectivity index (χ0) is 15.4. The van der Waals surface area contributed by atoms with Gasteiger partial charge in [-0.1, -0.05) is 0 Å². The zero-order valence-electron chi connectivity index (χ0n) is 12.4. The Morgan fingerprint density at radius 3 is 2.91 bits per heavy atom. The molecule has 0 unspecified atom stereocenters. The van der Waals surface area contributed by atoms with Crippen LogP contribution in [0.3, 0.4) is 0 Å². The third-order valence-corrected chi connectivity index (χ3v) is 3.90. The summed E-state index contributed by atoms with van der Waals surface area (Å²) >= 11 is 0. The van der Waals surface area contributed by atoms with Crippen LogP contribution >= 0.6 is 0 Å². The van der Waals surface area contributed by atoms with Gasteiger partial charge in [-0.15, -0.1) is 0 Å². The lowest BCUT2D eigenvalue weighted by Crippen LogP contribution is -2.41. The normalized spacial score (nSPS) is 16.0. The number of halogens is 1. The van der Waals surface area contributed by atoms with Crippen molar-refractivity contribution in [2.45, 2.75) is 6.54 Å². The van der Waals surface area contributed by atoms with Gasteiger partial charge < -0.3 is 14.6 Å². The van der Waals surface area contributed by atoms with Crippen molar-refractivity contribution in [3.05, 3.63) is 36.3 Å². The van der Waals surface area contributed by atoms with Crippen molar-refractivity contribution >= 4 is 16.8 Å². The highest BCUT2D eigenvalue weighted by atomic mass is 19.1. The van der Waals surface area contributed by atoms with Gasteiger partial charge in [-0.2, -0.15) is 0 Å². The van der Waals surface area contributed by atoms with Gasteiger partial charge in [-0.3, -0.25) is 9.69 Å². The second-order valence-corrected chi connectivity index (χ2v) is 5.45. The van der Waals surface area contributed by atoms with Gasteiger partial charge in [0, 0.05) is 32.4 Å². The van der Waals surface area contributed by atoms with Crippen LogP contribution in [0.1, 0.15) is 0 Å². The summed E-state index contributed by atoms with van der Waals surface area (Å²) in [4.78, 5) is 14.3. The molecule has 0 bridgehead atoms. The number of benzene rings is 1. The Bertz CT molecular complexity index is 650. The molecule has 5 nitrogen and oxygen atoms in total. The molecule has 1 saturated heterocycles. The van der Waals surface area contributed by atoms with Crippen LogP contribution in [0.2, 0.25) is 0 Å². The van der Waals surface area contributed by atoms with Crippen molar-refractivity contribution in [3.63, 3.8) is 0 Å². The number of hydrogen-bond donors (Lipinski definition) is 1. The Morgan fingerprint density at radius 1 is 1.27 bits per heavy atom. The number of rotatable bonds is 5. The first-order valence-electron chi connectivity index (χ1n) is 7.53. The van der Waals surface area contributed by atoms with Crippen LogP contribution in [0, 0.1) is 5.82 Å². The summed E-state index contributed by atoms with van der Waals surface area (Å²) in [5.41, 5.74) is 0.739. The number of aromatic nitrogens is 1.